The van der Waals surface area contributed by atoms with Crippen molar-refractivity contribution in [3.05, 3.63) is 51.5 Å². The highest BCUT2D eigenvalue weighted by molar-refractivity contribution is 7.99. The molecule has 1 aliphatic heterocycles. The molecule has 1 saturated heterocycles. The molecule has 1 unspecified atom stereocenters. The van der Waals surface area contributed by atoms with Crippen LogP contribution < -0.4 is 14.2 Å². The minimum Gasteiger partial charge on any atom is -0.496 e. The molecule has 1 atom stereocenters. The lowest BCUT2D eigenvalue weighted by Gasteiger charge is -2.26. The number of rotatable bonds is 5. The average Bonchev–Trinajstić information content (AvgIpc) is 3.15. The molecule has 144 valence electrons. The molecule has 5 nitrogen and oxygen atoms in total. The van der Waals surface area contributed by atoms with Crippen molar-refractivity contribution in [1.82, 2.24) is 4.90 Å². The van der Waals surface area contributed by atoms with Crippen molar-refractivity contribution in [3.63, 3.8) is 0 Å². The standard InChI is InChI=1S/C19H19Cl2NO4S/c1-24-15-10-17(26-3)16(25-2)9-13(15)19-22(6-7-27-19)18(23)12-5-4-11(20)8-14(12)21/h4-5,8-10,19H,6-7H2,1-3H3. The molecule has 27 heavy (non-hydrogen) atoms. The van der Waals surface area contributed by atoms with Crippen molar-refractivity contribution in [2.45, 2.75) is 5.37 Å². The zero-order chi connectivity index (χ0) is 19.6. The maximum Gasteiger partial charge on any atom is 0.256 e. The highest BCUT2D eigenvalue weighted by Gasteiger charge is 2.34. The predicted molar refractivity (Wildman–Crippen MR) is 109 cm³/mol. The molecule has 1 aliphatic rings. The first-order valence-electron chi connectivity index (χ1n) is 8.17. The van der Waals surface area contributed by atoms with Crippen molar-refractivity contribution in [3.8, 4) is 17.2 Å². The van der Waals surface area contributed by atoms with Crippen LogP contribution in [-0.2, 0) is 0 Å². The summed E-state index contributed by atoms with van der Waals surface area (Å²) in [5.74, 6) is 2.44. The molecule has 0 aliphatic carbocycles. The molecule has 2 aromatic rings. The molecule has 0 radical (unpaired) electrons. The Kier molecular flexibility index (Phi) is 6.29. The molecular weight excluding hydrogens is 409 g/mol. The second-order valence-corrected chi connectivity index (χ2v) is 7.83. The molecule has 2 aromatic carbocycles. The zero-order valence-corrected chi connectivity index (χ0v) is 17.5. The van der Waals surface area contributed by atoms with Gasteiger partial charge >= 0.3 is 0 Å². The summed E-state index contributed by atoms with van der Waals surface area (Å²) in [7, 11) is 4.73. The molecule has 0 aromatic heterocycles. The second kappa shape index (κ2) is 8.50. The Labute approximate surface area is 172 Å². The van der Waals surface area contributed by atoms with Crippen LogP contribution in [0.2, 0.25) is 10.0 Å². The molecule has 0 spiro atoms. The first-order valence-corrected chi connectivity index (χ1v) is 9.98. The van der Waals surface area contributed by atoms with Gasteiger partial charge in [-0.3, -0.25) is 4.79 Å². The van der Waals surface area contributed by atoms with Gasteiger partial charge in [-0.15, -0.1) is 11.8 Å². The Balaban J connectivity index is 2.00. The molecule has 1 amide bonds. The van der Waals surface area contributed by atoms with Gasteiger partial charge in [0, 0.05) is 29.0 Å². The average molecular weight is 428 g/mol. The predicted octanol–water partition coefficient (Wildman–Crippen LogP) is 4.91. The van der Waals surface area contributed by atoms with Gasteiger partial charge in [0.25, 0.3) is 5.91 Å². The van der Waals surface area contributed by atoms with E-state index in [1.54, 1.807) is 62.3 Å². The first kappa shape index (κ1) is 20.0. The van der Waals surface area contributed by atoms with E-state index in [0.717, 1.165) is 11.3 Å². The van der Waals surface area contributed by atoms with Gasteiger partial charge in [0.15, 0.2) is 11.5 Å². The van der Waals surface area contributed by atoms with E-state index < -0.39 is 0 Å². The number of ether oxygens (including phenoxy) is 3. The number of halogens is 2. The van der Waals surface area contributed by atoms with E-state index in [1.807, 2.05) is 6.07 Å². The molecule has 1 fully saturated rings. The number of thioether (sulfide) groups is 1. The quantitative estimate of drug-likeness (QED) is 0.678. The lowest BCUT2D eigenvalue weighted by atomic mass is 10.1. The van der Waals surface area contributed by atoms with Crippen LogP contribution in [0.4, 0.5) is 0 Å². The van der Waals surface area contributed by atoms with E-state index >= 15 is 0 Å². The molecule has 0 N–H and O–H groups in total. The summed E-state index contributed by atoms with van der Waals surface area (Å²) >= 11 is 13.9. The highest BCUT2D eigenvalue weighted by Crippen LogP contribution is 2.46. The number of amides is 1. The lowest BCUT2D eigenvalue weighted by Crippen LogP contribution is -2.30. The van der Waals surface area contributed by atoms with E-state index in [1.165, 1.54) is 0 Å². The SMILES string of the molecule is COc1cc(OC)c(C2SCCN2C(=O)c2ccc(Cl)cc2Cl)cc1OC. The largest absolute Gasteiger partial charge is 0.496 e. The summed E-state index contributed by atoms with van der Waals surface area (Å²) in [4.78, 5) is 14.9. The molecular formula is C19H19Cl2NO4S. The van der Waals surface area contributed by atoms with Crippen molar-refractivity contribution in [2.24, 2.45) is 0 Å². The number of nitrogens with zero attached hydrogens (tertiary/aromatic N) is 1. The molecule has 1 heterocycles. The monoisotopic (exact) mass is 427 g/mol. The third-order valence-corrected chi connectivity index (χ3v) is 6.11. The third-order valence-electron chi connectivity index (χ3n) is 4.32. The summed E-state index contributed by atoms with van der Waals surface area (Å²) in [5, 5.41) is 0.604. The van der Waals surface area contributed by atoms with Crippen LogP contribution in [0, 0.1) is 0 Å². The number of benzene rings is 2. The van der Waals surface area contributed by atoms with E-state index in [4.69, 9.17) is 37.4 Å². The highest BCUT2D eigenvalue weighted by atomic mass is 35.5. The summed E-state index contributed by atoms with van der Waals surface area (Å²) in [6.07, 6.45) is 0. The van der Waals surface area contributed by atoms with Crippen LogP contribution in [0.5, 0.6) is 17.2 Å². The van der Waals surface area contributed by atoms with Crippen LogP contribution in [-0.4, -0.2) is 44.4 Å². The summed E-state index contributed by atoms with van der Waals surface area (Å²) < 4.78 is 16.3. The summed E-state index contributed by atoms with van der Waals surface area (Å²) in [6.45, 7) is 0.602. The Bertz CT molecular complexity index is 862. The topological polar surface area (TPSA) is 48.0 Å². The van der Waals surface area contributed by atoms with Crippen LogP contribution in [0.15, 0.2) is 30.3 Å². The maximum atomic E-state index is 13.1. The molecule has 0 saturated carbocycles. The fourth-order valence-electron chi connectivity index (χ4n) is 3.00. The Morgan fingerprint density at radius 2 is 1.70 bits per heavy atom. The van der Waals surface area contributed by atoms with E-state index in [0.29, 0.717) is 39.4 Å². The van der Waals surface area contributed by atoms with Crippen LogP contribution in [0.1, 0.15) is 21.3 Å². The number of carbonyl (C=O) groups is 1. The van der Waals surface area contributed by atoms with Gasteiger partial charge in [-0.25, -0.2) is 0 Å². The molecule has 8 heteroatoms. The van der Waals surface area contributed by atoms with Gasteiger partial charge in [0.2, 0.25) is 0 Å². The second-order valence-electron chi connectivity index (χ2n) is 5.80. The van der Waals surface area contributed by atoms with Gasteiger partial charge in [0.1, 0.15) is 11.1 Å². The van der Waals surface area contributed by atoms with Gasteiger partial charge in [0.05, 0.1) is 31.9 Å². The number of methoxy groups -OCH3 is 3. The Morgan fingerprint density at radius 1 is 1.04 bits per heavy atom. The minimum atomic E-state index is -0.223. The fourth-order valence-corrected chi connectivity index (χ4v) is 4.76. The molecule has 3 rings (SSSR count). The first-order chi connectivity index (χ1) is 13.0. The zero-order valence-electron chi connectivity index (χ0n) is 15.1. The van der Waals surface area contributed by atoms with Crippen LogP contribution >= 0.6 is 35.0 Å². The van der Waals surface area contributed by atoms with E-state index in [2.05, 4.69) is 0 Å². The van der Waals surface area contributed by atoms with Gasteiger partial charge < -0.3 is 19.1 Å². The van der Waals surface area contributed by atoms with Crippen molar-refractivity contribution in [2.75, 3.05) is 33.6 Å². The number of carbonyl (C=O) groups excluding carboxylic acids is 1. The van der Waals surface area contributed by atoms with Gasteiger partial charge in [-0.1, -0.05) is 23.2 Å². The maximum absolute atomic E-state index is 13.1. The van der Waals surface area contributed by atoms with E-state index in [-0.39, 0.29) is 11.3 Å². The summed E-state index contributed by atoms with van der Waals surface area (Å²) in [5.41, 5.74) is 1.27. The number of hydrogen-bond acceptors (Lipinski definition) is 5. The lowest BCUT2D eigenvalue weighted by molar-refractivity contribution is 0.0759. The fraction of sp³-hybridized carbons (Fsp3) is 0.316. The van der Waals surface area contributed by atoms with Crippen molar-refractivity contribution >= 4 is 40.9 Å². The van der Waals surface area contributed by atoms with Crippen LogP contribution in [0.3, 0.4) is 0 Å². The van der Waals surface area contributed by atoms with Gasteiger partial charge in [-0.05, 0) is 24.3 Å². The number of hydrogen-bond donors (Lipinski definition) is 0. The normalized spacial score (nSPS) is 16.3. The third kappa shape index (κ3) is 3.93. The van der Waals surface area contributed by atoms with E-state index in [9.17, 15) is 4.79 Å². The Morgan fingerprint density at radius 3 is 2.33 bits per heavy atom. The smallest absolute Gasteiger partial charge is 0.256 e. The minimum absolute atomic E-state index is 0.150. The van der Waals surface area contributed by atoms with Crippen molar-refractivity contribution < 1.29 is 19.0 Å². The van der Waals surface area contributed by atoms with Crippen LogP contribution in [0.25, 0.3) is 0 Å². The summed E-state index contributed by atoms with van der Waals surface area (Å²) in [6, 6.07) is 8.51. The Hall–Kier alpha value is -1.76. The van der Waals surface area contributed by atoms with Crippen molar-refractivity contribution in [1.29, 1.82) is 0 Å². The molecule has 0 bridgehead atoms. The van der Waals surface area contributed by atoms with Gasteiger partial charge in [-0.2, -0.15) is 0 Å².